The fourth-order valence-corrected chi connectivity index (χ4v) is 0.795. The van der Waals surface area contributed by atoms with Gasteiger partial charge in [-0.1, -0.05) is 0 Å². The Labute approximate surface area is 92.5 Å². The maximum atomic E-state index is 10.8. The number of hydrogen-bond donors (Lipinski definition) is 0. The van der Waals surface area contributed by atoms with Gasteiger partial charge in [-0.25, -0.2) is 0 Å². The van der Waals surface area contributed by atoms with E-state index in [4.69, 9.17) is 32.7 Å². The average Bonchev–Trinajstić information content (AvgIpc) is 2.17. The van der Waals surface area contributed by atoms with E-state index in [1.807, 2.05) is 0 Å². The topological polar surface area (TPSA) is 52.6 Å². The van der Waals surface area contributed by atoms with Crippen molar-refractivity contribution in [1.82, 2.24) is 0 Å². The highest BCUT2D eigenvalue weighted by Crippen LogP contribution is 2.04. The van der Waals surface area contributed by atoms with Crippen molar-refractivity contribution in [2.75, 3.05) is 11.8 Å². The van der Waals surface area contributed by atoms with Gasteiger partial charge in [0.05, 0.1) is 0 Å². The third-order valence-corrected chi connectivity index (χ3v) is 1.95. The normalized spacial score (nSPS) is 14.3. The van der Waals surface area contributed by atoms with Gasteiger partial charge in [0.1, 0.15) is 24.0 Å². The Morgan fingerprint density at radius 2 is 1.29 bits per heavy atom. The van der Waals surface area contributed by atoms with Crippen molar-refractivity contribution in [1.29, 1.82) is 0 Å². The van der Waals surface area contributed by atoms with Gasteiger partial charge < -0.3 is 9.47 Å². The van der Waals surface area contributed by atoms with E-state index in [0.717, 1.165) is 0 Å². The largest absolute Gasteiger partial charge is 0.458 e. The van der Waals surface area contributed by atoms with E-state index in [-0.39, 0.29) is 11.8 Å². The summed E-state index contributed by atoms with van der Waals surface area (Å²) in [6, 6.07) is 0. The van der Waals surface area contributed by atoms with Crippen LogP contribution in [0.25, 0.3) is 0 Å². The minimum Gasteiger partial charge on any atom is -0.458 e. The molecule has 0 rings (SSSR count). The Kier molecular flexibility index (Phi) is 6.66. The first kappa shape index (κ1) is 13.5. The van der Waals surface area contributed by atoms with E-state index in [9.17, 15) is 9.59 Å². The Morgan fingerprint density at radius 1 is 1.00 bits per heavy atom. The van der Waals surface area contributed by atoms with Crippen LogP contribution in [0.4, 0.5) is 0 Å². The number of halogens is 2. The summed E-state index contributed by atoms with van der Waals surface area (Å²) in [6.45, 7) is 3.22. The molecule has 4 nitrogen and oxygen atoms in total. The van der Waals surface area contributed by atoms with Crippen molar-refractivity contribution in [3.8, 4) is 0 Å². The van der Waals surface area contributed by atoms with Gasteiger partial charge in [0.25, 0.3) is 0 Å². The van der Waals surface area contributed by atoms with Crippen molar-refractivity contribution in [2.45, 2.75) is 26.1 Å². The SMILES string of the molecule is C[C@H](OC(=O)CCl)[C@H](C)OC(=O)CCl. The average molecular weight is 243 g/mol. The highest BCUT2D eigenvalue weighted by Gasteiger charge is 2.19. The number of esters is 2. The Morgan fingerprint density at radius 3 is 1.50 bits per heavy atom. The lowest BCUT2D eigenvalue weighted by Crippen LogP contribution is -2.31. The van der Waals surface area contributed by atoms with Crippen molar-refractivity contribution >= 4 is 35.1 Å². The summed E-state index contributed by atoms with van der Waals surface area (Å²) >= 11 is 10.5. The standard InChI is InChI=1S/C8H12Cl2O4/c1-5(13-7(11)3-9)6(2)14-8(12)4-10/h5-6H,3-4H2,1-2H3/t5-,6-/m0/s1. The number of hydrogen-bond acceptors (Lipinski definition) is 4. The smallest absolute Gasteiger partial charge is 0.321 e. The lowest BCUT2D eigenvalue weighted by atomic mass is 10.2. The van der Waals surface area contributed by atoms with E-state index < -0.39 is 24.1 Å². The molecule has 0 aliphatic carbocycles. The van der Waals surface area contributed by atoms with E-state index in [1.54, 1.807) is 13.8 Å². The van der Waals surface area contributed by atoms with Crippen molar-refractivity contribution in [3.63, 3.8) is 0 Å². The molecule has 2 atom stereocenters. The minimum absolute atomic E-state index is 0.222. The zero-order chi connectivity index (χ0) is 11.1. The monoisotopic (exact) mass is 242 g/mol. The lowest BCUT2D eigenvalue weighted by molar-refractivity contribution is -0.161. The van der Waals surface area contributed by atoms with Crippen LogP contribution in [0.2, 0.25) is 0 Å². The van der Waals surface area contributed by atoms with Crippen LogP contribution in [-0.4, -0.2) is 35.9 Å². The molecule has 0 aromatic heterocycles. The highest BCUT2D eigenvalue weighted by atomic mass is 35.5. The van der Waals surface area contributed by atoms with Crippen LogP contribution in [0.3, 0.4) is 0 Å². The minimum atomic E-state index is -0.548. The van der Waals surface area contributed by atoms with Gasteiger partial charge in [-0.2, -0.15) is 0 Å². The molecule has 0 saturated heterocycles. The van der Waals surface area contributed by atoms with Crippen LogP contribution in [0.1, 0.15) is 13.8 Å². The molecule has 0 aliphatic rings. The summed E-state index contributed by atoms with van der Waals surface area (Å²) in [5.74, 6) is -1.54. The lowest BCUT2D eigenvalue weighted by Gasteiger charge is -2.19. The van der Waals surface area contributed by atoms with Crippen LogP contribution < -0.4 is 0 Å². The maximum Gasteiger partial charge on any atom is 0.321 e. The molecule has 0 radical (unpaired) electrons. The second-order valence-corrected chi connectivity index (χ2v) is 3.19. The molecule has 0 bridgehead atoms. The molecule has 14 heavy (non-hydrogen) atoms. The fourth-order valence-electron chi connectivity index (χ4n) is 0.669. The number of ether oxygens (including phenoxy) is 2. The quantitative estimate of drug-likeness (QED) is 0.540. The molecule has 0 heterocycles. The van der Waals surface area contributed by atoms with Crippen LogP contribution in [0.15, 0.2) is 0 Å². The molecule has 0 saturated carbocycles. The number of carbonyl (C=O) groups excluding carboxylic acids is 2. The first-order valence-corrected chi connectivity index (χ1v) is 5.09. The van der Waals surface area contributed by atoms with Gasteiger partial charge in [0.2, 0.25) is 0 Å². The van der Waals surface area contributed by atoms with Gasteiger partial charge in [-0.05, 0) is 13.8 Å². The van der Waals surface area contributed by atoms with E-state index in [1.165, 1.54) is 0 Å². The van der Waals surface area contributed by atoms with Gasteiger partial charge in [-0.3, -0.25) is 9.59 Å². The van der Waals surface area contributed by atoms with E-state index in [0.29, 0.717) is 0 Å². The molecular formula is C8H12Cl2O4. The third kappa shape index (κ3) is 5.29. The first-order chi connectivity index (χ1) is 6.51. The van der Waals surface area contributed by atoms with E-state index >= 15 is 0 Å². The van der Waals surface area contributed by atoms with Gasteiger partial charge >= 0.3 is 11.9 Å². The molecule has 6 heteroatoms. The first-order valence-electron chi connectivity index (χ1n) is 4.02. The number of rotatable bonds is 5. The zero-order valence-corrected chi connectivity index (χ0v) is 9.47. The molecule has 0 aromatic carbocycles. The van der Waals surface area contributed by atoms with Crippen molar-refractivity contribution in [3.05, 3.63) is 0 Å². The van der Waals surface area contributed by atoms with E-state index in [2.05, 4.69) is 0 Å². The molecular weight excluding hydrogens is 231 g/mol. The zero-order valence-electron chi connectivity index (χ0n) is 7.96. The Hall–Kier alpha value is -0.480. The molecule has 0 unspecified atom stereocenters. The van der Waals surface area contributed by atoms with Gasteiger partial charge in [-0.15, -0.1) is 23.2 Å². The van der Waals surface area contributed by atoms with Crippen LogP contribution >= 0.6 is 23.2 Å². The van der Waals surface area contributed by atoms with Crippen LogP contribution in [-0.2, 0) is 19.1 Å². The summed E-state index contributed by atoms with van der Waals surface area (Å²) in [5, 5.41) is 0. The maximum absolute atomic E-state index is 10.8. The molecule has 0 amide bonds. The third-order valence-electron chi connectivity index (χ3n) is 1.51. The van der Waals surface area contributed by atoms with Gasteiger partial charge in [0, 0.05) is 0 Å². The summed E-state index contributed by atoms with van der Waals surface area (Å²) in [6.07, 6.45) is -1.07. The van der Waals surface area contributed by atoms with Crippen LogP contribution in [0.5, 0.6) is 0 Å². The fraction of sp³-hybridized carbons (Fsp3) is 0.750. The molecule has 0 spiro atoms. The molecule has 82 valence electrons. The molecule has 0 N–H and O–H groups in total. The summed E-state index contributed by atoms with van der Waals surface area (Å²) in [7, 11) is 0. The Bertz CT molecular complexity index is 186. The number of carbonyl (C=O) groups is 2. The highest BCUT2D eigenvalue weighted by molar-refractivity contribution is 6.26. The summed E-state index contributed by atoms with van der Waals surface area (Å²) in [5.41, 5.74) is 0. The Balaban J connectivity index is 3.92. The van der Waals surface area contributed by atoms with Crippen LogP contribution in [0, 0.1) is 0 Å². The summed E-state index contributed by atoms with van der Waals surface area (Å²) < 4.78 is 9.63. The van der Waals surface area contributed by atoms with Crippen molar-refractivity contribution < 1.29 is 19.1 Å². The van der Waals surface area contributed by atoms with Gasteiger partial charge in [0.15, 0.2) is 0 Å². The second-order valence-electron chi connectivity index (χ2n) is 2.66. The molecule has 0 aromatic rings. The van der Waals surface area contributed by atoms with Crippen molar-refractivity contribution in [2.24, 2.45) is 0 Å². The summed E-state index contributed by atoms with van der Waals surface area (Å²) in [4.78, 5) is 21.5. The molecule has 0 fully saturated rings. The second kappa shape index (κ2) is 6.90. The number of alkyl halides is 2. The molecule has 0 aliphatic heterocycles. The predicted octanol–water partition coefficient (Wildman–Crippen LogP) is 1.33. The predicted molar refractivity (Wildman–Crippen MR) is 52.5 cm³/mol.